The topological polar surface area (TPSA) is 24.9 Å². The normalized spacial score (nSPS) is 10.7. The smallest absolute Gasteiger partial charge is 0.0623 e. The van der Waals surface area contributed by atoms with Gasteiger partial charge in [0, 0.05) is 16.4 Å². The molecule has 0 saturated carbocycles. The van der Waals surface area contributed by atoms with Gasteiger partial charge in [-0.1, -0.05) is 34.1 Å². The molecule has 0 aliphatic rings. The minimum Gasteiger partial charge on any atom is -0.379 e. The fourth-order valence-electron chi connectivity index (χ4n) is 2.22. The van der Waals surface area contributed by atoms with Crippen LogP contribution in [0.1, 0.15) is 11.3 Å². The van der Waals surface area contributed by atoms with Crippen molar-refractivity contribution in [1.29, 1.82) is 0 Å². The zero-order valence-electron chi connectivity index (χ0n) is 11.2. The van der Waals surface area contributed by atoms with Gasteiger partial charge in [0.05, 0.1) is 12.2 Å². The largest absolute Gasteiger partial charge is 0.379 e. The molecule has 1 aromatic heterocycles. The van der Waals surface area contributed by atoms with Crippen LogP contribution in [-0.2, 0) is 6.54 Å². The predicted molar refractivity (Wildman–Crippen MR) is 87.9 cm³/mol. The fourth-order valence-corrected chi connectivity index (χ4v) is 2.59. The molecule has 0 bridgehead atoms. The maximum Gasteiger partial charge on any atom is 0.0623 e. The molecule has 2 nitrogen and oxygen atoms in total. The average molecular weight is 327 g/mol. The third-order valence-electron chi connectivity index (χ3n) is 3.38. The Labute approximate surface area is 127 Å². The number of fused-ring (bicyclic) bond motifs is 1. The highest BCUT2D eigenvalue weighted by atomic mass is 79.9. The van der Waals surface area contributed by atoms with Crippen molar-refractivity contribution in [3.05, 3.63) is 70.5 Å². The van der Waals surface area contributed by atoms with E-state index in [0.29, 0.717) is 0 Å². The molecule has 0 aliphatic carbocycles. The molecule has 0 unspecified atom stereocenters. The molecule has 3 aromatic rings. The van der Waals surface area contributed by atoms with E-state index in [2.05, 4.69) is 75.6 Å². The van der Waals surface area contributed by atoms with Gasteiger partial charge in [-0.05, 0) is 53.6 Å². The number of aryl methyl sites for hydroxylation is 1. The Bertz CT molecular complexity index is 753. The number of aromatic nitrogens is 1. The number of pyridine rings is 1. The summed E-state index contributed by atoms with van der Waals surface area (Å²) in [6.07, 6.45) is 1.84. The van der Waals surface area contributed by atoms with E-state index in [0.717, 1.165) is 22.4 Å². The van der Waals surface area contributed by atoms with Gasteiger partial charge in [0.1, 0.15) is 0 Å². The van der Waals surface area contributed by atoms with Crippen molar-refractivity contribution in [2.45, 2.75) is 13.5 Å². The summed E-state index contributed by atoms with van der Waals surface area (Å²) in [5.74, 6) is 0. The van der Waals surface area contributed by atoms with Crippen molar-refractivity contribution < 1.29 is 0 Å². The van der Waals surface area contributed by atoms with Gasteiger partial charge in [0.15, 0.2) is 0 Å². The minimum absolute atomic E-state index is 0.745. The second kappa shape index (κ2) is 5.63. The van der Waals surface area contributed by atoms with Crippen LogP contribution in [0.15, 0.2) is 59.2 Å². The highest BCUT2D eigenvalue weighted by Crippen LogP contribution is 2.23. The lowest BCUT2D eigenvalue weighted by Gasteiger charge is -2.09. The molecular formula is C17H15BrN2. The summed E-state index contributed by atoms with van der Waals surface area (Å²) >= 11 is 3.50. The van der Waals surface area contributed by atoms with Gasteiger partial charge >= 0.3 is 0 Å². The van der Waals surface area contributed by atoms with Crippen molar-refractivity contribution in [3.8, 4) is 0 Å². The molecule has 0 fully saturated rings. The third-order valence-corrected chi connectivity index (χ3v) is 3.87. The van der Waals surface area contributed by atoms with Crippen LogP contribution >= 0.6 is 15.9 Å². The molecule has 0 aliphatic heterocycles. The van der Waals surface area contributed by atoms with Crippen LogP contribution in [0.4, 0.5) is 5.69 Å². The summed E-state index contributed by atoms with van der Waals surface area (Å²) in [4.78, 5) is 4.40. The highest BCUT2D eigenvalue weighted by Gasteiger charge is 2.00. The zero-order chi connectivity index (χ0) is 13.9. The van der Waals surface area contributed by atoms with Gasteiger partial charge in [0.2, 0.25) is 0 Å². The Morgan fingerprint density at radius 2 is 1.85 bits per heavy atom. The summed E-state index contributed by atoms with van der Waals surface area (Å²) in [5, 5.41) is 5.90. The van der Waals surface area contributed by atoms with Crippen LogP contribution in [0.25, 0.3) is 10.8 Å². The molecule has 0 spiro atoms. The first-order valence-corrected chi connectivity index (χ1v) is 7.35. The van der Waals surface area contributed by atoms with Crippen molar-refractivity contribution in [3.63, 3.8) is 0 Å². The van der Waals surface area contributed by atoms with Gasteiger partial charge in [-0.15, -0.1) is 0 Å². The molecule has 2 aromatic carbocycles. The first-order chi connectivity index (χ1) is 9.72. The molecule has 100 valence electrons. The maximum atomic E-state index is 4.40. The lowest BCUT2D eigenvalue weighted by molar-refractivity contribution is 1.02. The Hall–Kier alpha value is -1.87. The van der Waals surface area contributed by atoms with Crippen molar-refractivity contribution >= 4 is 32.4 Å². The van der Waals surface area contributed by atoms with Crippen LogP contribution in [0.5, 0.6) is 0 Å². The minimum atomic E-state index is 0.745. The van der Waals surface area contributed by atoms with Crippen molar-refractivity contribution in [1.82, 2.24) is 4.98 Å². The van der Waals surface area contributed by atoms with E-state index in [-0.39, 0.29) is 0 Å². The molecule has 1 heterocycles. The summed E-state index contributed by atoms with van der Waals surface area (Å²) in [6.45, 7) is 2.83. The highest BCUT2D eigenvalue weighted by molar-refractivity contribution is 9.10. The maximum absolute atomic E-state index is 4.40. The SMILES string of the molecule is Cc1cccnc1CNc1ccc2cc(Br)ccc2c1. The number of rotatable bonds is 3. The second-order valence-corrected chi connectivity index (χ2v) is 5.74. The van der Waals surface area contributed by atoms with Gasteiger partial charge in [-0.2, -0.15) is 0 Å². The number of anilines is 1. The summed E-state index contributed by atoms with van der Waals surface area (Å²) in [6, 6.07) is 16.8. The van der Waals surface area contributed by atoms with Crippen molar-refractivity contribution in [2.24, 2.45) is 0 Å². The van der Waals surface area contributed by atoms with Gasteiger partial charge in [-0.3, -0.25) is 4.98 Å². The van der Waals surface area contributed by atoms with Crippen LogP contribution < -0.4 is 5.32 Å². The quantitative estimate of drug-likeness (QED) is 0.739. The third kappa shape index (κ3) is 2.83. The van der Waals surface area contributed by atoms with Crippen molar-refractivity contribution in [2.75, 3.05) is 5.32 Å². The van der Waals surface area contributed by atoms with Gasteiger partial charge in [-0.25, -0.2) is 0 Å². The van der Waals surface area contributed by atoms with Gasteiger partial charge in [0.25, 0.3) is 0 Å². The van der Waals surface area contributed by atoms with Crippen LogP contribution in [0.2, 0.25) is 0 Å². The van der Waals surface area contributed by atoms with E-state index < -0.39 is 0 Å². The average Bonchev–Trinajstić information content (AvgIpc) is 2.46. The number of hydrogen-bond acceptors (Lipinski definition) is 2. The Kier molecular flexibility index (Phi) is 3.70. The Morgan fingerprint density at radius 1 is 1.05 bits per heavy atom. The molecule has 0 amide bonds. The standard InChI is InChI=1S/C17H15BrN2/c1-12-3-2-8-19-17(12)11-20-16-7-5-13-9-15(18)6-4-14(13)10-16/h2-10,20H,11H2,1H3. The van der Waals surface area contributed by atoms with Gasteiger partial charge < -0.3 is 5.32 Å². The summed E-state index contributed by atoms with van der Waals surface area (Å²) in [7, 11) is 0. The molecule has 0 atom stereocenters. The number of nitrogens with one attached hydrogen (secondary N) is 1. The second-order valence-electron chi connectivity index (χ2n) is 4.83. The van der Waals surface area contributed by atoms with E-state index >= 15 is 0 Å². The predicted octanol–water partition coefficient (Wildman–Crippen LogP) is 4.92. The molecule has 20 heavy (non-hydrogen) atoms. The molecule has 0 saturated heterocycles. The van der Waals surface area contributed by atoms with Crippen LogP contribution in [-0.4, -0.2) is 4.98 Å². The molecule has 0 radical (unpaired) electrons. The monoisotopic (exact) mass is 326 g/mol. The summed E-state index contributed by atoms with van der Waals surface area (Å²) < 4.78 is 1.11. The molecule has 3 rings (SSSR count). The fraction of sp³-hybridized carbons (Fsp3) is 0.118. The number of halogens is 1. The van der Waals surface area contributed by atoms with Crippen LogP contribution in [0, 0.1) is 6.92 Å². The molecule has 3 heteroatoms. The summed E-state index contributed by atoms with van der Waals surface area (Å²) in [5.41, 5.74) is 3.41. The lowest BCUT2D eigenvalue weighted by atomic mass is 10.1. The molecular weight excluding hydrogens is 312 g/mol. The Balaban J connectivity index is 1.81. The number of benzene rings is 2. The first kappa shape index (κ1) is 13.1. The number of nitrogens with zero attached hydrogens (tertiary/aromatic N) is 1. The van der Waals surface area contributed by atoms with E-state index in [4.69, 9.17) is 0 Å². The number of hydrogen-bond donors (Lipinski definition) is 1. The van der Waals surface area contributed by atoms with Crippen LogP contribution in [0.3, 0.4) is 0 Å². The first-order valence-electron chi connectivity index (χ1n) is 6.56. The van der Waals surface area contributed by atoms with E-state index in [1.54, 1.807) is 0 Å². The molecule has 1 N–H and O–H groups in total. The Morgan fingerprint density at radius 3 is 2.70 bits per heavy atom. The van der Waals surface area contributed by atoms with E-state index in [1.165, 1.54) is 16.3 Å². The van der Waals surface area contributed by atoms with E-state index in [1.807, 2.05) is 12.3 Å². The van der Waals surface area contributed by atoms with E-state index in [9.17, 15) is 0 Å². The lowest BCUT2D eigenvalue weighted by Crippen LogP contribution is -2.03. The zero-order valence-corrected chi connectivity index (χ0v) is 12.8.